The lowest BCUT2D eigenvalue weighted by Gasteiger charge is -2.39. The SMILES string of the molecule is COc1ccc(N2C(=O)[C@@H]3[C@@H](c4ccc(Cl)cc4)N([C@@H]4SC(=S)N(C)C4(C)C)O[C@H]3C2=O)cc1. The van der Waals surface area contributed by atoms with Crippen molar-refractivity contribution >= 4 is 57.4 Å². The number of thioether (sulfide) groups is 1. The Morgan fingerprint density at radius 1 is 1.06 bits per heavy atom. The molecular weight excluding hydrogens is 494 g/mol. The maximum absolute atomic E-state index is 13.8. The summed E-state index contributed by atoms with van der Waals surface area (Å²) < 4.78 is 5.94. The molecule has 3 saturated heterocycles. The van der Waals surface area contributed by atoms with E-state index in [4.69, 9.17) is 33.4 Å². The molecule has 10 heteroatoms. The van der Waals surface area contributed by atoms with E-state index in [1.807, 2.05) is 24.1 Å². The Balaban J connectivity index is 1.55. The van der Waals surface area contributed by atoms with Crippen molar-refractivity contribution in [3.8, 4) is 5.75 Å². The molecule has 178 valence electrons. The van der Waals surface area contributed by atoms with Gasteiger partial charge in [-0.15, -0.1) is 0 Å². The molecule has 2 amide bonds. The maximum Gasteiger partial charge on any atom is 0.265 e. The molecule has 3 heterocycles. The first kappa shape index (κ1) is 23.6. The van der Waals surface area contributed by atoms with Crippen LogP contribution in [0, 0.1) is 5.92 Å². The average Bonchev–Trinajstić information content (AvgIpc) is 3.39. The normalized spacial score (nSPS) is 28.7. The Morgan fingerprint density at radius 2 is 1.71 bits per heavy atom. The van der Waals surface area contributed by atoms with Gasteiger partial charge in [-0.2, -0.15) is 5.06 Å². The molecule has 34 heavy (non-hydrogen) atoms. The van der Waals surface area contributed by atoms with Crippen LogP contribution >= 0.6 is 35.6 Å². The van der Waals surface area contributed by atoms with E-state index in [9.17, 15) is 9.59 Å². The van der Waals surface area contributed by atoms with E-state index >= 15 is 0 Å². The summed E-state index contributed by atoms with van der Waals surface area (Å²) in [6.07, 6.45) is -0.925. The van der Waals surface area contributed by atoms with E-state index in [0.29, 0.717) is 16.5 Å². The molecule has 7 nitrogen and oxygen atoms in total. The Hall–Kier alpha value is -2.17. The molecule has 0 N–H and O–H groups in total. The minimum atomic E-state index is -0.925. The van der Waals surface area contributed by atoms with Gasteiger partial charge in [-0.1, -0.05) is 47.7 Å². The number of amides is 2. The van der Waals surface area contributed by atoms with E-state index < -0.39 is 18.1 Å². The standard InChI is InChI=1S/C24H24ClN3O4S2/c1-24(2)22(34-23(33)26(24)3)28-18(13-5-7-14(25)8-6-13)17-19(32-28)21(30)27(20(17)29)15-9-11-16(31-4)12-10-15/h5-12,17-19,22H,1-4H3/t17-,18-,19-,22-/m1/s1. The third kappa shape index (κ3) is 3.53. The van der Waals surface area contributed by atoms with Crippen molar-refractivity contribution in [3.63, 3.8) is 0 Å². The van der Waals surface area contributed by atoms with Crippen LogP contribution in [0.1, 0.15) is 25.5 Å². The third-order valence-corrected chi connectivity index (χ3v) is 9.17. The largest absolute Gasteiger partial charge is 0.497 e. The number of likely N-dealkylation sites (N-methyl/N-ethyl adjacent to an activating group) is 1. The lowest BCUT2D eigenvalue weighted by molar-refractivity contribution is -0.188. The Bertz CT molecular complexity index is 1160. The van der Waals surface area contributed by atoms with Crippen LogP contribution in [-0.4, -0.2) is 57.3 Å². The summed E-state index contributed by atoms with van der Waals surface area (Å²) in [6.45, 7) is 4.15. The molecule has 2 aromatic carbocycles. The summed E-state index contributed by atoms with van der Waals surface area (Å²) in [7, 11) is 3.52. The van der Waals surface area contributed by atoms with E-state index in [-0.39, 0.29) is 22.7 Å². The highest BCUT2D eigenvalue weighted by atomic mass is 35.5. The zero-order valence-electron chi connectivity index (χ0n) is 19.1. The van der Waals surface area contributed by atoms with E-state index in [1.165, 1.54) is 16.7 Å². The predicted molar refractivity (Wildman–Crippen MR) is 136 cm³/mol. The molecular formula is C24H24ClN3O4S2. The van der Waals surface area contributed by atoms with Crippen LogP contribution in [0.25, 0.3) is 0 Å². The van der Waals surface area contributed by atoms with Crippen molar-refractivity contribution in [2.24, 2.45) is 5.92 Å². The first-order valence-corrected chi connectivity index (χ1v) is 12.5. The van der Waals surface area contributed by atoms with Gasteiger partial charge in [0.1, 0.15) is 15.4 Å². The molecule has 0 bridgehead atoms. The van der Waals surface area contributed by atoms with Crippen molar-refractivity contribution in [2.45, 2.75) is 36.9 Å². The molecule has 0 unspecified atom stereocenters. The molecule has 0 spiro atoms. The van der Waals surface area contributed by atoms with Crippen molar-refractivity contribution in [2.75, 3.05) is 19.1 Å². The van der Waals surface area contributed by atoms with Gasteiger partial charge < -0.3 is 9.64 Å². The minimum Gasteiger partial charge on any atom is -0.497 e. The van der Waals surface area contributed by atoms with Gasteiger partial charge >= 0.3 is 0 Å². The first-order valence-electron chi connectivity index (χ1n) is 10.8. The van der Waals surface area contributed by atoms with Gasteiger partial charge in [0.15, 0.2) is 6.10 Å². The zero-order chi connectivity index (χ0) is 24.4. The number of methoxy groups -OCH3 is 1. The second-order valence-electron chi connectivity index (χ2n) is 9.07. The van der Waals surface area contributed by atoms with Crippen LogP contribution in [0.2, 0.25) is 5.02 Å². The summed E-state index contributed by atoms with van der Waals surface area (Å²) in [5.41, 5.74) is 0.963. The summed E-state index contributed by atoms with van der Waals surface area (Å²) in [6, 6.07) is 13.7. The fourth-order valence-corrected chi connectivity index (χ4v) is 6.67. The van der Waals surface area contributed by atoms with Crippen molar-refractivity contribution < 1.29 is 19.2 Å². The molecule has 3 aliphatic rings. The minimum absolute atomic E-state index is 0.216. The van der Waals surface area contributed by atoms with Crippen molar-refractivity contribution in [3.05, 3.63) is 59.1 Å². The zero-order valence-corrected chi connectivity index (χ0v) is 21.5. The van der Waals surface area contributed by atoms with Gasteiger partial charge in [-0.3, -0.25) is 14.4 Å². The summed E-state index contributed by atoms with van der Waals surface area (Å²) in [4.78, 5) is 36.8. The number of fused-ring (bicyclic) bond motifs is 1. The van der Waals surface area contributed by atoms with Crippen LogP contribution in [0.3, 0.4) is 0 Å². The molecule has 5 rings (SSSR count). The number of carbonyl (C=O) groups is 2. The number of ether oxygens (including phenoxy) is 1. The van der Waals surface area contributed by atoms with E-state index in [1.54, 1.807) is 48.6 Å². The second-order valence-corrected chi connectivity index (χ2v) is 11.2. The quantitative estimate of drug-likeness (QED) is 0.440. The summed E-state index contributed by atoms with van der Waals surface area (Å²) in [5, 5.41) is 2.18. The number of hydrogen-bond donors (Lipinski definition) is 0. The third-order valence-electron chi connectivity index (χ3n) is 6.87. The number of imide groups is 1. The highest BCUT2D eigenvalue weighted by Crippen LogP contribution is 2.52. The number of anilines is 1. The monoisotopic (exact) mass is 517 g/mol. The number of hydrogen-bond acceptors (Lipinski definition) is 7. The van der Waals surface area contributed by atoms with Gasteiger partial charge in [0.2, 0.25) is 5.91 Å². The van der Waals surface area contributed by atoms with Gasteiger partial charge in [0.25, 0.3) is 5.91 Å². The highest BCUT2D eigenvalue weighted by Gasteiger charge is 2.63. The topological polar surface area (TPSA) is 62.3 Å². The van der Waals surface area contributed by atoms with Crippen LogP contribution in [0.5, 0.6) is 5.75 Å². The molecule has 0 aromatic heterocycles. The molecule has 0 radical (unpaired) electrons. The number of benzene rings is 2. The smallest absolute Gasteiger partial charge is 0.265 e. The first-order chi connectivity index (χ1) is 16.1. The Kier molecular flexibility index (Phi) is 5.89. The van der Waals surface area contributed by atoms with E-state index in [0.717, 1.165) is 9.88 Å². The number of rotatable bonds is 4. The van der Waals surface area contributed by atoms with Crippen LogP contribution in [0.4, 0.5) is 5.69 Å². The van der Waals surface area contributed by atoms with Crippen molar-refractivity contribution in [1.82, 2.24) is 9.96 Å². The van der Waals surface area contributed by atoms with Crippen molar-refractivity contribution in [1.29, 1.82) is 0 Å². The van der Waals surface area contributed by atoms with Gasteiger partial charge in [0.05, 0.1) is 30.3 Å². The van der Waals surface area contributed by atoms with Crippen LogP contribution < -0.4 is 9.64 Å². The number of carbonyl (C=O) groups excluding carboxylic acids is 2. The number of hydroxylamine groups is 2. The molecule has 4 atom stereocenters. The molecule has 2 aromatic rings. The Labute approximate surface area is 212 Å². The molecule has 3 aliphatic heterocycles. The van der Waals surface area contributed by atoms with Gasteiger partial charge in [-0.05, 0) is 55.8 Å². The highest BCUT2D eigenvalue weighted by molar-refractivity contribution is 8.23. The summed E-state index contributed by atoms with van der Waals surface area (Å²) in [5.74, 6) is -0.727. The molecule has 0 aliphatic carbocycles. The number of halogens is 1. The fourth-order valence-electron chi connectivity index (χ4n) is 4.72. The number of thiocarbonyl (C=S) groups is 1. The molecule has 0 saturated carbocycles. The second kappa shape index (κ2) is 8.49. The molecule has 3 fully saturated rings. The lowest BCUT2D eigenvalue weighted by Crippen LogP contribution is -2.51. The van der Waals surface area contributed by atoms with Gasteiger partial charge in [-0.25, -0.2) is 4.90 Å². The van der Waals surface area contributed by atoms with E-state index in [2.05, 4.69) is 13.8 Å². The van der Waals surface area contributed by atoms with Crippen LogP contribution in [0.15, 0.2) is 48.5 Å². The average molecular weight is 518 g/mol. The maximum atomic E-state index is 13.8. The predicted octanol–water partition coefficient (Wildman–Crippen LogP) is 4.26. The fraction of sp³-hybridized carbons (Fsp3) is 0.375. The number of nitrogens with zero attached hydrogens (tertiary/aromatic N) is 3. The van der Waals surface area contributed by atoms with Gasteiger partial charge in [0, 0.05) is 12.1 Å². The summed E-state index contributed by atoms with van der Waals surface area (Å²) >= 11 is 13.2. The Morgan fingerprint density at radius 3 is 2.26 bits per heavy atom. The van der Waals surface area contributed by atoms with Crippen LogP contribution in [-0.2, 0) is 14.4 Å². The lowest BCUT2D eigenvalue weighted by atomic mass is 9.90.